The lowest BCUT2D eigenvalue weighted by atomic mass is 10.2. The van der Waals surface area contributed by atoms with Gasteiger partial charge in [-0.15, -0.1) is 0 Å². The number of nitrogens with zero attached hydrogens (tertiary/aromatic N) is 1. The molecule has 0 saturated heterocycles. The Bertz CT molecular complexity index is 1220. The number of anilines is 1. The van der Waals surface area contributed by atoms with Gasteiger partial charge in [-0.25, -0.2) is 8.42 Å². The summed E-state index contributed by atoms with van der Waals surface area (Å²) < 4.78 is 33.5. The number of aryl methyl sites for hydroxylation is 1. The van der Waals surface area contributed by atoms with Crippen LogP contribution in [0.1, 0.15) is 17.5 Å². The molecule has 6 nitrogen and oxygen atoms in total. The van der Waals surface area contributed by atoms with Crippen molar-refractivity contribution in [3.05, 3.63) is 88.9 Å². The summed E-state index contributed by atoms with van der Waals surface area (Å²) in [5.74, 6) is 1.68. The Labute approximate surface area is 216 Å². The summed E-state index contributed by atoms with van der Waals surface area (Å²) in [5, 5.41) is 3.17. The molecule has 0 bridgehead atoms. The number of thioether (sulfide) groups is 1. The maximum absolute atomic E-state index is 13.6. The maximum atomic E-state index is 13.6. The number of sulfonamides is 1. The van der Waals surface area contributed by atoms with E-state index in [0.717, 1.165) is 27.8 Å². The molecule has 0 aliphatic heterocycles. The molecular formula is C26H29ClN2O4S2. The van der Waals surface area contributed by atoms with Gasteiger partial charge in [-0.3, -0.25) is 9.10 Å². The van der Waals surface area contributed by atoms with Gasteiger partial charge in [0.2, 0.25) is 5.91 Å². The number of halogens is 1. The highest BCUT2D eigenvalue weighted by Gasteiger charge is 2.29. The average Bonchev–Trinajstić information content (AvgIpc) is 2.85. The number of benzene rings is 3. The van der Waals surface area contributed by atoms with Gasteiger partial charge in [0.05, 0.1) is 17.7 Å². The molecule has 9 heteroatoms. The first-order valence-corrected chi connectivity index (χ1v) is 14.1. The van der Waals surface area contributed by atoms with E-state index in [1.165, 1.54) is 30.9 Å². The van der Waals surface area contributed by atoms with E-state index >= 15 is 0 Å². The Hall–Kier alpha value is -2.68. The molecule has 0 unspecified atom stereocenters. The van der Waals surface area contributed by atoms with Crippen molar-refractivity contribution < 1.29 is 17.9 Å². The molecule has 0 saturated carbocycles. The van der Waals surface area contributed by atoms with Gasteiger partial charge >= 0.3 is 0 Å². The second-order valence-electron chi connectivity index (χ2n) is 7.88. The van der Waals surface area contributed by atoms with Crippen molar-refractivity contribution in [3.63, 3.8) is 0 Å². The zero-order chi connectivity index (χ0) is 25.3. The molecule has 35 heavy (non-hydrogen) atoms. The SMILES string of the molecule is COc1ccc(Cl)cc1N(CC(=O)NCCCSCc1ccccc1)S(=O)(=O)c1ccc(C)cc1. The van der Waals surface area contributed by atoms with E-state index in [4.69, 9.17) is 16.3 Å². The predicted molar refractivity (Wildman–Crippen MR) is 144 cm³/mol. The highest BCUT2D eigenvalue weighted by atomic mass is 35.5. The number of carbonyl (C=O) groups is 1. The Morgan fingerprint density at radius 3 is 2.46 bits per heavy atom. The standard InChI is InChI=1S/C26H29ClN2O4S2/c1-20-9-12-23(13-10-20)35(31,32)29(24-17-22(27)11-14-25(24)33-2)18-26(30)28-15-6-16-34-19-21-7-4-3-5-8-21/h3-5,7-14,17H,6,15-16,18-19H2,1-2H3,(H,28,30). The van der Waals surface area contributed by atoms with Crippen molar-refractivity contribution in [2.24, 2.45) is 0 Å². The monoisotopic (exact) mass is 532 g/mol. The van der Waals surface area contributed by atoms with Crippen molar-refractivity contribution in [2.75, 3.05) is 30.3 Å². The number of nitrogens with one attached hydrogen (secondary N) is 1. The second-order valence-corrected chi connectivity index (χ2v) is 11.3. The van der Waals surface area contributed by atoms with Crippen LogP contribution in [0.25, 0.3) is 0 Å². The van der Waals surface area contributed by atoms with Gasteiger partial charge in [0, 0.05) is 17.3 Å². The lowest BCUT2D eigenvalue weighted by Crippen LogP contribution is -2.41. The summed E-state index contributed by atoms with van der Waals surface area (Å²) in [7, 11) is -2.61. The fourth-order valence-corrected chi connectivity index (χ4v) is 5.86. The first-order valence-electron chi connectivity index (χ1n) is 11.1. The minimum atomic E-state index is -4.06. The van der Waals surface area contributed by atoms with E-state index in [1.54, 1.807) is 36.0 Å². The highest BCUT2D eigenvalue weighted by Crippen LogP contribution is 2.34. The number of methoxy groups -OCH3 is 1. The number of ether oxygens (including phenoxy) is 1. The molecule has 1 amide bonds. The fourth-order valence-electron chi connectivity index (χ4n) is 3.35. The number of rotatable bonds is 12. The van der Waals surface area contributed by atoms with Gasteiger partial charge in [-0.05, 0) is 55.0 Å². The van der Waals surface area contributed by atoms with Crippen LogP contribution in [0.15, 0.2) is 77.7 Å². The lowest BCUT2D eigenvalue weighted by Gasteiger charge is -2.26. The van der Waals surface area contributed by atoms with Gasteiger partial charge < -0.3 is 10.1 Å². The van der Waals surface area contributed by atoms with Gasteiger partial charge in [0.15, 0.2) is 0 Å². The van der Waals surface area contributed by atoms with E-state index in [2.05, 4.69) is 17.4 Å². The summed E-state index contributed by atoms with van der Waals surface area (Å²) in [6.07, 6.45) is 0.772. The topological polar surface area (TPSA) is 75.7 Å². The zero-order valence-electron chi connectivity index (χ0n) is 19.7. The first-order chi connectivity index (χ1) is 16.8. The van der Waals surface area contributed by atoms with Crippen LogP contribution in [-0.2, 0) is 20.6 Å². The number of amides is 1. The number of hydrogen-bond donors (Lipinski definition) is 1. The highest BCUT2D eigenvalue weighted by molar-refractivity contribution is 7.98. The third-order valence-electron chi connectivity index (χ3n) is 5.20. The van der Waals surface area contributed by atoms with E-state index < -0.39 is 22.5 Å². The summed E-state index contributed by atoms with van der Waals surface area (Å²) in [5.41, 5.74) is 2.39. The van der Waals surface area contributed by atoms with E-state index in [-0.39, 0.29) is 10.6 Å². The van der Waals surface area contributed by atoms with Crippen molar-refractivity contribution in [1.82, 2.24) is 5.32 Å². The number of carbonyl (C=O) groups excluding carboxylic acids is 1. The van der Waals surface area contributed by atoms with Crippen LogP contribution in [0.3, 0.4) is 0 Å². The summed E-state index contributed by atoms with van der Waals surface area (Å²) in [6.45, 7) is 1.93. The summed E-state index contributed by atoms with van der Waals surface area (Å²) in [4.78, 5) is 12.9. The van der Waals surface area contributed by atoms with Gasteiger partial charge in [0.1, 0.15) is 12.3 Å². The van der Waals surface area contributed by atoms with Crippen LogP contribution >= 0.6 is 23.4 Å². The van der Waals surface area contributed by atoms with Gasteiger partial charge in [-0.1, -0.05) is 59.6 Å². The molecule has 0 heterocycles. The molecule has 186 valence electrons. The maximum Gasteiger partial charge on any atom is 0.264 e. The van der Waals surface area contributed by atoms with Crippen molar-refractivity contribution in [2.45, 2.75) is 24.0 Å². The van der Waals surface area contributed by atoms with E-state index in [9.17, 15) is 13.2 Å². The van der Waals surface area contributed by atoms with Crippen molar-refractivity contribution >= 4 is 45.0 Å². The summed E-state index contributed by atoms with van der Waals surface area (Å²) in [6, 6.07) is 21.3. The van der Waals surface area contributed by atoms with Gasteiger partial charge in [-0.2, -0.15) is 11.8 Å². The third kappa shape index (κ3) is 7.65. The Balaban J connectivity index is 1.68. The molecule has 0 fully saturated rings. The largest absolute Gasteiger partial charge is 0.495 e. The number of hydrogen-bond acceptors (Lipinski definition) is 5. The fraction of sp³-hybridized carbons (Fsp3) is 0.269. The summed E-state index contributed by atoms with van der Waals surface area (Å²) >= 11 is 7.96. The molecule has 0 radical (unpaired) electrons. The first kappa shape index (κ1) is 26.9. The van der Waals surface area contributed by atoms with E-state index in [1.807, 2.05) is 25.1 Å². The molecule has 0 aliphatic rings. The molecule has 3 aromatic carbocycles. The molecular weight excluding hydrogens is 504 g/mol. The molecule has 0 spiro atoms. The Morgan fingerprint density at radius 1 is 1.06 bits per heavy atom. The molecule has 0 aromatic heterocycles. The predicted octanol–water partition coefficient (Wildman–Crippen LogP) is 5.29. The van der Waals surface area contributed by atoms with Crippen molar-refractivity contribution in [3.8, 4) is 5.75 Å². The van der Waals surface area contributed by atoms with Gasteiger partial charge in [0.25, 0.3) is 10.0 Å². The van der Waals surface area contributed by atoms with Crippen LogP contribution in [-0.4, -0.2) is 40.3 Å². The molecule has 3 rings (SSSR count). The average molecular weight is 533 g/mol. The minimum Gasteiger partial charge on any atom is -0.495 e. The normalized spacial score (nSPS) is 11.2. The second kappa shape index (κ2) is 12.9. The molecule has 1 N–H and O–H groups in total. The minimum absolute atomic E-state index is 0.0789. The molecule has 0 aliphatic carbocycles. The Morgan fingerprint density at radius 2 is 1.77 bits per heavy atom. The van der Waals surface area contributed by atoms with Crippen LogP contribution < -0.4 is 14.4 Å². The Kier molecular flexibility index (Phi) is 9.89. The smallest absolute Gasteiger partial charge is 0.264 e. The van der Waals surface area contributed by atoms with Crippen LogP contribution in [0.5, 0.6) is 5.75 Å². The quantitative estimate of drug-likeness (QED) is 0.321. The molecule has 3 aromatic rings. The van der Waals surface area contributed by atoms with Crippen LogP contribution in [0.2, 0.25) is 5.02 Å². The third-order valence-corrected chi connectivity index (χ3v) is 8.33. The van der Waals surface area contributed by atoms with Crippen LogP contribution in [0, 0.1) is 6.92 Å². The molecule has 0 atom stereocenters. The van der Waals surface area contributed by atoms with Crippen molar-refractivity contribution in [1.29, 1.82) is 0 Å². The zero-order valence-corrected chi connectivity index (χ0v) is 22.1. The van der Waals surface area contributed by atoms with E-state index in [0.29, 0.717) is 17.3 Å². The van der Waals surface area contributed by atoms with Crippen LogP contribution in [0.4, 0.5) is 5.69 Å². The lowest BCUT2D eigenvalue weighted by molar-refractivity contribution is -0.119.